The van der Waals surface area contributed by atoms with E-state index in [-0.39, 0.29) is 5.82 Å². The smallest absolute Gasteiger partial charge is 0.201 e. The number of nitrogen functional groups attached to an aromatic ring is 1. The quantitative estimate of drug-likeness (QED) is 0.781. The second-order valence-electron chi connectivity index (χ2n) is 4.49. The van der Waals surface area contributed by atoms with E-state index in [1.165, 1.54) is 17.7 Å². The van der Waals surface area contributed by atoms with Gasteiger partial charge in [-0.3, -0.25) is 0 Å². The van der Waals surface area contributed by atoms with Crippen molar-refractivity contribution in [1.29, 1.82) is 0 Å². The molecule has 0 aliphatic rings. The highest BCUT2D eigenvalue weighted by molar-refractivity contribution is 5.78. The number of benzene rings is 2. The van der Waals surface area contributed by atoms with Crippen LogP contribution in [-0.2, 0) is 13.0 Å². The van der Waals surface area contributed by atoms with Crippen molar-refractivity contribution in [2.24, 2.45) is 0 Å². The molecule has 2 aromatic carbocycles. The molecule has 0 amide bonds. The van der Waals surface area contributed by atoms with Crippen LogP contribution in [0.3, 0.4) is 0 Å². The highest BCUT2D eigenvalue weighted by Gasteiger charge is 2.08. The molecule has 0 radical (unpaired) electrons. The summed E-state index contributed by atoms with van der Waals surface area (Å²) >= 11 is 0. The SMILES string of the molecule is Nc1nc2ccc(F)cc2n1CCc1ccccc1. The van der Waals surface area contributed by atoms with E-state index in [0.29, 0.717) is 12.5 Å². The molecule has 0 unspecified atom stereocenters. The third kappa shape index (κ3) is 2.29. The van der Waals surface area contributed by atoms with Gasteiger partial charge in [-0.05, 0) is 30.2 Å². The number of fused-ring (bicyclic) bond motifs is 1. The second-order valence-corrected chi connectivity index (χ2v) is 4.49. The van der Waals surface area contributed by atoms with E-state index in [9.17, 15) is 4.39 Å². The molecule has 1 heterocycles. The minimum absolute atomic E-state index is 0.270. The van der Waals surface area contributed by atoms with Gasteiger partial charge in [-0.2, -0.15) is 0 Å². The molecule has 0 saturated carbocycles. The Bertz CT molecular complexity index is 704. The van der Waals surface area contributed by atoms with E-state index >= 15 is 0 Å². The van der Waals surface area contributed by atoms with E-state index < -0.39 is 0 Å². The van der Waals surface area contributed by atoms with Crippen LogP contribution >= 0.6 is 0 Å². The monoisotopic (exact) mass is 255 g/mol. The number of hydrogen-bond donors (Lipinski definition) is 1. The Morgan fingerprint density at radius 1 is 1.11 bits per heavy atom. The minimum Gasteiger partial charge on any atom is -0.369 e. The molecule has 3 aromatic rings. The number of imidazole rings is 1. The Hall–Kier alpha value is -2.36. The highest BCUT2D eigenvalue weighted by Crippen LogP contribution is 2.19. The van der Waals surface area contributed by atoms with Gasteiger partial charge in [0.05, 0.1) is 11.0 Å². The predicted molar refractivity (Wildman–Crippen MR) is 74.2 cm³/mol. The molecule has 0 fully saturated rings. The summed E-state index contributed by atoms with van der Waals surface area (Å²) in [6, 6.07) is 14.7. The molecular weight excluding hydrogens is 241 g/mol. The highest BCUT2D eigenvalue weighted by atomic mass is 19.1. The van der Waals surface area contributed by atoms with Crippen molar-refractivity contribution in [3.05, 3.63) is 59.9 Å². The summed E-state index contributed by atoms with van der Waals surface area (Å²) < 4.78 is 15.2. The average molecular weight is 255 g/mol. The third-order valence-corrected chi connectivity index (χ3v) is 3.21. The molecule has 4 heteroatoms. The van der Waals surface area contributed by atoms with Crippen LogP contribution in [0.1, 0.15) is 5.56 Å². The molecule has 0 aliphatic heterocycles. The van der Waals surface area contributed by atoms with E-state index in [0.717, 1.165) is 17.5 Å². The lowest BCUT2D eigenvalue weighted by molar-refractivity contribution is 0.627. The summed E-state index contributed by atoms with van der Waals surface area (Å²) in [7, 11) is 0. The normalized spacial score (nSPS) is 11.0. The summed E-state index contributed by atoms with van der Waals surface area (Å²) in [5, 5.41) is 0. The maximum atomic E-state index is 13.3. The van der Waals surface area contributed by atoms with Crippen molar-refractivity contribution >= 4 is 17.0 Å². The fraction of sp³-hybridized carbons (Fsp3) is 0.133. The Labute approximate surface area is 110 Å². The number of aryl methyl sites for hydroxylation is 2. The van der Waals surface area contributed by atoms with E-state index in [2.05, 4.69) is 17.1 Å². The maximum absolute atomic E-state index is 13.3. The van der Waals surface area contributed by atoms with Crippen LogP contribution in [0.25, 0.3) is 11.0 Å². The van der Waals surface area contributed by atoms with E-state index in [1.54, 1.807) is 6.07 Å². The number of rotatable bonds is 3. The van der Waals surface area contributed by atoms with Crippen molar-refractivity contribution in [2.45, 2.75) is 13.0 Å². The maximum Gasteiger partial charge on any atom is 0.201 e. The van der Waals surface area contributed by atoms with E-state index in [1.807, 2.05) is 22.8 Å². The van der Waals surface area contributed by atoms with Crippen molar-refractivity contribution in [2.75, 3.05) is 5.73 Å². The second kappa shape index (κ2) is 4.72. The zero-order valence-corrected chi connectivity index (χ0v) is 10.4. The molecule has 0 aliphatic carbocycles. The van der Waals surface area contributed by atoms with Gasteiger partial charge in [-0.25, -0.2) is 9.37 Å². The first kappa shape index (κ1) is 11.7. The zero-order valence-electron chi connectivity index (χ0n) is 10.4. The van der Waals surface area contributed by atoms with Crippen LogP contribution in [0.5, 0.6) is 0 Å². The van der Waals surface area contributed by atoms with Gasteiger partial charge in [0.2, 0.25) is 5.95 Å². The average Bonchev–Trinajstić information content (AvgIpc) is 2.73. The van der Waals surface area contributed by atoms with Crippen LogP contribution in [0, 0.1) is 5.82 Å². The molecular formula is C15H14FN3. The molecule has 1 aromatic heterocycles. The Kier molecular flexibility index (Phi) is 2.91. The topological polar surface area (TPSA) is 43.8 Å². The lowest BCUT2D eigenvalue weighted by Gasteiger charge is -2.06. The van der Waals surface area contributed by atoms with Gasteiger partial charge in [0.1, 0.15) is 5.82 Å². The number of aromatic nitrogens is 2. The first-order valence-corrected chi connectivity index (χ1v) is 6.19. The van der Waals surface area contributed by atoms with Crippen LogP contribution in [0.15, 0.2) is 48.5 Å². The fourth-order valence-corrected chi connectivity index (χ4v) is 2.24. The van der Waals surface area contributed by atoms with Gasteiger partial charge in [0.25, 0.3) is 0 Å². The fourth-order valence-electron chi connectivity index (χ4n) is 2.24. The minimum atomic E-state index is -0.270. The Morgan fingerprint density at radius 3 is 2.68 bits per heavy atom. The Morgan fingerprint density at radius 2 is 1.89 bits per heavy atom. The van der Waals surface area contributed by atoms with Gasteiger partial charge in [-0.1, -0.05) is 30.3 Å². The van der Waals surface area contributed by atoms with Gasteiger partial charge in [0, 0.05) is 6.54 Å². The zero-order chi connectivity index (χ0) is 13.2. The van der Waals surface area contributed by atoms with Gasteiger partial charge in [-0.15, -0.1) is 0 Å². The predicted octanol–water partition coefficient (Wildman–Crippen LogP) is 3.00. The number of halogens is 1. The van der Waals surface area contributed by atoms with Gasteiger partial charge >= 0.3 is 0 Å². The van der Waals surface area contributed by atoms with Gasteiger partial charge < -0.3 is 10.3 Å². The number of nitrogens with two attached hydrogens (primary N) is 1. The lowest BCUT2D eigenvalue weighted by atomic mass is 10.1. The number of anilines is 1. The molecule has 3 rings (SSSR count). The molecule has 19 heavy (non-hydrogen) atoms. The summed E-state index contributed by atoms with van der Waals surface area (Å²) in [5.41, 5.74) is 8.59. The van der Waals surface area contributed by atoms with Crippen molar-refractivity contribution in [3.8, 4) is 0 Å². The van der Waals surface area contributed by atoms with Crippen molar-refractivity contribution in [1.82, 2.24) is 9.55 Å². The Balaban J connectivity index is 1.92. The van der Waals surface area contributed by atoms with Crippen LogP contribution in [0.4, 0.5) is 10.3 Å². The molecule has 0 atom stereocenters. The summed E-state index contributed by atoms with van der Waals surface area (Å²) in [5.74, 6) is 0.157. The molecule has 0 spiro atoms. The third-order valence-electron chi connectivity index (χ3n) is 3.21. The number of nitrogens with zero attached hydrogens (tertiary/aromatic N) is 2. The molecule has 3 nitrogen and oxygen atoms in total. The van der Waals surface area contributed by atoms with Gasteiger partial charge in [0.15, 0.2) is 0 Å². The molecule has 2 N–H and O–H groups in total. The lowest BCUT2D eigenvalue weighted by Crippen LogP contribution is -2.05. The van der Waals surface area contributed by atoms with Crippen molar-refractivity contribution < 1.29 is 4.39 Å². The molecule has 96 valence electrons. The largest absolute Gasteiger partial charge is 0.369 e. The van der Waals surface area contributed by atoms with Crippen LogP contribution < -0.4 is 5.73 Å². The summed E-state index contributed by atoms with van der Waals surface area (Å²) in [4.78, 5) is 4.24. The van der Waals surface area contributed by atoms with Crippen molar-refractivity contribution in [3.63, 3.8) is 0 Å². The summed E-state index contributed by atoms with van der Waals surface area (Å²) in [6.45, 7) is 0.690. The van der Waals surface area contributed by atoms with E-state index in [4.69, 9.17) is 5.73 Å². The van der Waals surface area contributed by atoms with Crippen LogP contribution in [-0.4, -0.2) is 9.55 Å². The van der Waals surface area contributed by atoms with Crippen LogP contribution in [0.2, 0.25) is 0 Å². The standard InChI is InChI=1S/C15H14FN3/c16-12-6-7-13-14(10-12)19(15(17)18-13)9-8-11-4-2-1-3-5-11/h1-7,10H,8-9H2,(H2,17,18). The first-order valence-electron chi connectivity index (χ1n) is 6.19. The number of hydrogen-bond acceptors (Lipinski definition) is 2. The summed E-state index contributed by atoms with van der Waals surface area (Å²) in [6.07, 6.45) is 0.840. The first-order chi connectivity index (χ1) is 9.24. The molecule has 0 bridgehead atoms. The molecule has 0 saturated heterocycles.